The molecule has 0 fully saturated rings. The van der Waals surface area contributed by atoms with Crippen LogP contribution in [0.5, 0.6) is 0 Å². The van der Waals surface area contributed by atoms with Gasteiger partial charge in [-0.15, -0.1) is 0 Å². The van der Waals surface area contributed by atoms with Gasteiger partial charge in [-0.1, -0.05) is 0 Å². The van der Waals surface area contributed by atoms with Crippen molar-refractivity contribution in [2.45, 2.75) is 6.54 Å². The average Bonchev–Trinajstić information content (AvgIpc) is 2.83. The van der Waals surface area contributed by atoms with Gasteiger partial charge in [0, 0.05) is 6.20 Å². The van der Waals surface area contributed by atoms with E-state index < -0.39 is 0 Å². The third-order valence-corrected chi connectivity index (χ3v) is 3.39. The highest BCUT2D eigenvalue weighted by Gasteiger charge is 2.10. The molecule has 2 heterocycles. The van der Waals surface area contributed by atoms with Gasteiger partial charge in [0.05, 0.1) is 40.5 Å². The van der Waals surface area contributed by atoms with Crippen LogP contribution in [-0.4, -0.2) is 14.5 Å². The van der Waals surface area contributed by atoms with Gasteiger partial charge in [-0.05, 0) is 41.9 Å². The molecule has 2 aromatic heterocycles. The Labute approximate surface area is 125 Å². The molecule has 0 aliphatic carbocycles. The maximum atomic E-state index is 8.99. The molecule has 0 amide bonds. The number of aromatic nitrogens is 3. The molecule has 3 rings (SSSR count). The van der Waals surface area contributed by atoms with Gasteiger partial charge in [-0.25, -0.2) is 4.98 Å². The van der Waals surface area contributed by atoms with Crippen molar-refractivity contribution in [3.8, 4) is 12.1 Å². The van der Waals surface area contributed by atoms with Crippen LogP contribution in [0.4, 0.5) is 0 Å². The van der Waals surface area contributed by atoms with Gasteiger partial charge in [0.1, 0.15) is 6.07 Å². The SMILES string of the molecule is N#Cc1ccc(Cn2c(Cl)nc3ccc(C#N)cc32)nc1. The molecule has 0 aliphatic rings. The summed E-state index contributed by atoms with van der Waals surface area (Å²) in [7, 11) is 0. The Balaban J connectivity index is 2.05. The van der Waals surface area contributed by atoms with Crippen LogP contribution in [-0.2, 0) is 6.54 Å². The second-order valence-electron chi connectivity index (χ2n) is 4.43. The van der Waals surface area contributed by atoms with Crippen molar-refractivity contribution in [2.24, 2.45) is 0 Å². The molecule has 0 atom stereocenters. The van der Waals surface area contributed by atoms with E-state index in [1.807, 2.05) is 6.07 Å². The predicted octanol–water partition coefficient (Wildman–Crippen LogP) is 2.88. The number of fused-ring (bicyclic) bond motifs is 1. The number of hydrogen-bond acceptors (Lipinski definition) is 4. The van der Waals surface area contributed by atoms with E-state index in [1.54, 1.807) is 34.9 Å². The van der Waals surface area contributed by atoms with Crippen molar-refractivity contribution in [1.82, 2.24) is 14.5 Å². The minimum atomic E-state index is 0.339. The fourth-order valence-electron chi connectivity index (χ4n) is 2.06. The topological polar surface area (TPSA) is 78.3 Å². The number of benzene rings is 1. The van der Waals surface area contributed by atoms with Crippen LogP contribution in [0.2, 0.25) is 5.28 Å². The number of pyridine rings is 1. The quantitative estimate of drug-likeness (QED) is 0.728. The van der Waals surface area contributed by atoms with Crippen molar-refractivity contribution < 1.29 is 0 Å². The normalized spacial score (nSPS) is 10.2. The van der Waals surface area contributed by atoms with Crippen LogP contribution in [0.15, 0.2) is 36.5 Å². The summed E-state index contributed by atoms with van der Waals surface area (Å²) in [6.45, 7) is 0.427. The predicted molar refractivity (Wildman–Crippen MR) is 77.5 cm³/mol. The summed E-state index contributed by atoms with van der Waals surface area (Å²) in [5.41, 5.74) is 3.33. The Morgan fingerprint density at radius 3 is 2.52 bits per heavy atom. The molecule has 0 unspecified atom stereocenters. The Bertz CT molecular complexity index is 897. The van der Waals surface area contributed by atoms with Crippen molar-refractivity contribution >= 4 is 22.6 Å². The van der Waals surface area contributed by atoms with Gasteiger partial charge in [-0.2, -0.15) is 10.5 Å². The van der Waals surface area contributed by atoms with E-state index in [4.69, 9.17) is 22.1 Å². The molecular formula is C15H8ClN5. The van der Waals surface area contributed by atoms with Gasteiger partial charge in [0.15, 0.2) is 0 Å². The standard InChI is InChI=1S/C15H8ClN5/c16-15-20-13-4-2-10(6-17)5-14(13)21(15)9-12-3-1-11(7-18)8-19-12/h1-5,8H,9H2. The van der Waals surface area contributed by atoms with E-state index in [0.717, 1.165) is 16.7 Å². The Morgan fingerprint density at radius 2 is 1.86 bits per heavy atom. The molecule has 3 aromatic rings. The third kappa shape index (κ3) is 2.43. The third-order valence-electron chi connectivity index (χ3n) is 3.10. The highest BCUT2D eigenvalue weighted by Crippen LogP contribution is 2.22. The summed E-state index contributed by atoms with van der Waals surface area (Å²) in [5, 5.41) is 18.1. The van der Waals surface area contributed by atoms with Crippen molar-refractivity contribution in [2.75, 3.05) is 0 Å². The fraction of sp³-hybridized carbons (Fsp3) is 0.0667. The lowest BCUT2D eigenvalue weighted by Gasteiger charge is -2.05. The van der Waals surface area contributed by atoms with Gasteiger partial charge >= 0.3 is 0 Å². The molecule has 21 heavy (non-hydrogen) atoms. The number of rotatable bonds is 2. The Hall–Kier alpha value is -2.89. The van der Waals surface area contributed by atoms with E-state index in [1.165, 1.54) is 6.20 Å². The van der Waals surface area contributed by atoms with Crippen molar-refractivity contribution in [3.63, 3.8) is 0 Å². The zero-order valence-corrected chi connectivity index (χ0v) is 11.5. The molecule has 0 aliphatic heterocycles. The summed E-state index contributed by atoms with van der Waals surface area (Å²) in [6.07, 6.45) is 1.52. The first-order chi connectivity index (χ1) is 10.2. The number of halogens is 1. The molecule has 0 radical (unpaired) electrons. The molecule has 5 nitrogen and oxygen atoms in total. The lowest BCUT2D eigenvalue weighted by molar-refractivity contribution is 0.798. The molecule has 0 spiro atoms. The molecule has 6 heteroatoms. The van der Waals surface area contributed by atoms with E-state index >= 15 is 0 Å². The summed E-state index contributed by atoms with van der Waals surface area (Å²) in [4.78, 5) is 8.48. The van der Waals surface area contributed by atoms with E-state index in [2.05, 4.69) is 16.0 Å². The molecule has 0 saturated carbocycles. The highest BCUT2D eigenvalue weighted by molar-refractivity contribution is 6.29. The van der Waals surface area contributed by atoms with Crippen LogP contribution >= 0.6 is 11.6 Å². The Kier molecular flexibility index (Phi) is 3.27. The highest BCUT2D eigenvalue weighted by atomic mass is 35.5. The average molecular weight is 294 g/mol. The smallest absolute Gasteiger partial charge is 0.204 e. The maximum Gasteiger partial charge on any atom is 0.204 e. The van der Waals surface area contributed by atoms with E-state index in [-0.39, 0.29) is 0 Å². The first-order valence-electron chi connectivity index (χ1n) is 6.12. The van der Waals surface area contributed by atoms with Crippen LogP contribution in [0.3, 0.4) is 0 Å². The summed E-state index contributed by atoms with van der Waals surface area (Å²) in [6, 6.07) is 12.8. The van der Waals surface area contributed by atoms with Crippen molar-refractivity contribution in [3.05, 3.63) is 58.6 Å². The van der Waals surface area contributed by atoms with E-state index in [0.29, 0.717) is 23.0 Å². The van der Waals surface area contributed by atoms with Crippen LogP contribution in [0.1, 0.15) is 16.8 Å². The minimum absolute atomic E-state index is 0.339. The number of imidazole rings is 1. The molecular weight excluding hydrogens is 286 g/mol. The first-order valence-corrected chi connectivity index (χ1v) is 6.50. The fourth-order valence-corrected chi connectivity index (χ4v) is 2.30. The lowest BCUT2D eigenvalue weighted by Crippen LogP contribution is -2.02. The number of hydrogen-bond donors (Lipinski definition) is 0. The maximum absolute atomic E-state index is 8.99. The monoisotopic (exact) mass is 293 g/mol. The van der Waals surface area contributed by atoms with Gasteiger partial charge in [0.25, 0.3) is 0 Å². The van der Waals surface area contributed by atoms with Gasteiger partial charge < -0.3 is 4.57 Å². The van der Waals surface area contributed by atoms with Crippen molar-refractivity contribution in [1.29, 1.82) is 10.5 Å². The molecule has 0 bridgehead atoms. The second-order valence-corrected chi connectivity index (χ2v) is 4.77. The second kappa shape index (κ2) is 5.24. The first kappa shape index (κ1) is 13.1. The lowest BCUT2D eigenvalue weighted by atomic mass is 10.2. The zero-order valence-electron chi connectivity index (χ0n) is 10.8. The van der Waals surface area contributed by atoms with Gasteiger partial charge in [-0.3, -0.25) is 4.98 Å². The Morgan fingerprint density at radius 1 is 1.10 bits per heavy atom. The minimum Gasteiger partial charge on any atom is -0.309 e. The molecule has 0 saturated heterocycles. The zero-order chi connectivity index (χ0) is 14.8. The summed E-state index contributed by atoms with van der Waals surface area (Å²) in [5.74, 6) is 0. The van der Waals surface area contributed by atoms with Crippen LogP contribution < -0.4 is 0 Å². The molecule has 100 valence electrons. The molecule has 1 aromatic carbocycles. The number of nitrogens with zero attached hydrogens (tertiary/aromatic N) is 5. The summed E-state index contributed by atoms with van der Waals surface area (Å²) >= 11 is 6.16. The largest absolute Gasteiger partial charge is 0.309 e. The number of nitriles is 2. The van der Waals surface area contributed by atoms with Crippen LogP contribution in [0, 0.1) is 22.7 Å². The van der Waals surface area contributed by atoms with Gasteiger partial charge in [0.2, 0.25) is 5.28 Å². The summed E-state index contributed by atoms with van der Waals surface area (Å²) < 4.78 is 1.78. The van der Waals surface area contributed by atoms with E-state index in [9.17, 15) is 0 Å². The van der Waals surface area contributed by atoms with Crippen LogP contribution in [0.25, 0.3) is 11.0 Å². The molecule has 0 N–H and O–H groups in total.